The summed E-state index contributed by atoms with van der Waals surface area (Å²) in [6.45, 7) is 3.80. The van der Waals surface area contributed by atoms with Crippen molar-refractivity contribution in [3.05, 3.63) is 60.2 Å². The van der Waals surface area contributed by atoms with E-state index in [0.717, 1.165) is 25.4 Å². The Bertz CT molecular complexity index is 706. The third kappa shape index (κ3) is 5.98. The van der Waals surface area contributed by atoms with E-state index < -0.39 is 0 Å². The molecule has 6 nitrogen and oxygen atoms in total. The number of carbonyl (C=O) groups is 1. The third-order valence-electron chi connectivity index (χ3n) is 4.50. The van der Waals surface area contributed by atoms with Crippen molar-refractivity contribution in [2.24, 2.45) is 0 Å². The molecule has 0 aromatic heterocycles. The highest BCUT2D eigenvalue weighted by Crippen LogP contribution is 2.21. The summed E-state index contributed by atoms with van der Waals surface area (Å²) in [5, 5.41) is 2.91. The van der Waals surface area contributed by atoms with E-state index in [1.165, 1.54) is 5.56 Å². The van der Waals surface area contributed by atoms with Gasteiger partial charge in [-0.15, -0.1) is 0 Å². The summed E-state index contributed by atoms with van der Waals surface area (Å²) in [5.74, 6) is 1.27. The number of rotatable bonds is 8. The molecular weight excluding hydrogens is 344 g/mol. The molecule has 6 heteroatoms. The number of nitrogens with zero attached hydrogens (tertiary/aromatic N) is 1. The molecule has 3 rings (SSSR count). The topological polar surface area (TPSA) is 60.0 Å². The van der Waals surface area contributed by atoms with Crippen LogP contribution in [0.4, 0.5) is 0 Å². The molecule has 2 aromatic rings. The maximum Gasteiger partial charge on any atom is 0.257 e. The molecule has 0 bridgehead atoms. The Labute approximate surface area is 160 Å². The number of benzene rings is 2. The minimum atomic E-state index is -0.126. The molecular formula is C21H26N2O4. The van der Waals surface area contributed by atoms with E-state index in [1.54, 1.807) is 31.4 Å². The van der Waals surface area contributed by atoms with Crippen LogP contribution in [0, 0.1) is 0 Å². The Morgan fingerprint density at radius 3 is 2.63 bits per heavy atom. The average Bonchev–Trinajstić information content (AvgIpc) is 2.73. The molecule has 0 saturated carbocycles. The van der Waals surface area contributed by atoms with E-state index >= 15 is 0 Å². The zero-order valence-corrected chi connectivity index (χ0v) is 15.6. The SMILES string of the molecule is COc1ccc(OCC(=O)NCCN2CCOC(c3ccccc3)C2)cc1. The van der Waals surface area contributed by atoms with Crippen molar-refractivity contribution in [3.63, 3.8) is 0 Å². The average molecular weight is 370 g/mol. The number of methoxy groups -OCH3 is 1. The van der Waals surface area contributed by atoms with Gasteiger partial charge in [-0.25, -0.2) is 0 Å². The first-order valence-corrected chi connectivity index (χ1v) is 9.17. The normalized spacial score (nSPS) is 17.3. The molecule has 27 heavy (non-hydrogen) atoms. The molecule has 1 N–H and O–H groups in total. The minimum absolute atomic E-state index is 0.00206. The van der Waals surface area contributed by atoms with Gasteiger partial charge < -0.3 is 19.5 Å². The summed E-state index contributed by atoms with van der Waals surface area (Å²) in [5.41, 5.74) is 1.19. The van der Waals surface area contributed by atoms with Gasteiger partial charge in [-0.05, 0) is 29.8 Å². The molecule has 0 aliphatic carbocycles. The van der Waals surface area contributed by atoms with Crippen LogP contribution in [0.5, 0.6) is 11.5 Å². The molecule has 1 aliphatic rings. The van der Waals surface area contributed by atoms with Crippen LogP contribution < -0.4 is 14.8 Å². The van der Waals surface area contributed by atoms with Gasteiger partial charge in [0.05, 0.1) is 19.8 Å². The summed E-state index contributed by atoms with van der Waals surface area (Å²) in [4.78, 5) is 14.3. The van der Waals surface area contributed by atoms with Crippen molar-refractivity contribution < 1.29 is 19.0 Å². The number of morpholine rings is 1. The van der Waals surface area contributed by atoms with E-state index in [0.29, 0.717) is 18.9 Å². The lowest BCUT2D eigenvalue weighted by Crippen LogP contribution is -2.43. The quantitative estimate of drug-likeness (QED) is 0.772. The minimum Gasteiger partial charge on any atom is -0.497 e. The molecule has 1 amide bonds. The highest BCUT2D eigenvalue weighted by molar-refractivity contribution is 5.77. The van der Waals surface area contributed by atoms with E-state index in [4.69, 9.17) is 14.2 Å². The lowest BCUT2D eigenvalue weighted by Gasteiger charge is -2.33. The van der Waals surface area contributed by atoms with Crippen LogP contribution in [0.25, 0.3) is 0 Å². The molecule has 1 aliphatic heterocycles. The zero-order chi connectivity index (χ0) is 18.9. The Balaban J connectivity index is 1.35. The zero-order valence-electron chi connectivity index (χ0n) is 15.6. The summed E-state index contributed by atoms with van der Waals surface area (Å²) in [6, 6.07) is 17.4. The van der Waals surface area contributed by atoms with Crippen molar-refractivity contribution in [1.29, 1.82) is 0 Å². The van der Waals surface area contributed by atoms with E-state index in [-0.39, 0.29) is 18.6 Å². The number of hydrogen-bond donors (Lipinski definition) is 1. The van der Waals surface area contributed by atoms with E-state index in [9.17, 15) is 4.79 Å². The van der Waals surface area contributed by atoms with Crippen LogP contribution in [-0.2, 0) is 9.53 Å². The Morgan fingerprint density at radius 2 is 1.89 bits per heavy atom. The van der Waals surface area contributed by atoms with Gasteiger partial charge in [0.1, 0.15) is 11.5 Å². The molecule has 1 unspecified atom stereocenters. The predicted octanol–water partition coefficient (Wildman–Crippen LogP) is 2.26. The first-order valence-electron chi connectivity index (χ1n) is 9.17. The maximum absolute atomic E-state index is 12.0. The highest BCUT2D eigenvalue weighted by atomic mass is 16.5. The molecule has 144 valence electrons. The Hall–Kier alpha value is -2.57. The van der Waals surface area contributed by atoms with Gasteiger partial charge in [0.25, 0.3) is 5.91 Å². The Morgan fingerprint density at radius 1 is 1.15 bits per heavy atom. The van der Waals surface area contributed by atoms with Gasteiger partial charge in [0, 0.05) is 26.2 Å². The second-order valence-corrected chi connectivity index (χ2v) is 6.38. The van der Waals surface area contributed by atoms with Crippen LogP contribution in [-0.4, -0.2) is 57.3 Å². The first-order chi connectivity index (χ1) is 13.2. The molecule has 1 heterocycles. The van der Waals surface area contributed by atoms with Crippen LogP contribution >= 0.6 is 0 Å². The maximum atomic E-state index is 12.0. The standard InChI is InChI=1S/C21H26N2O4/c1-25-18-7-9-19(10-8-18)27-16-21(24)22-11-12-23-13-14-26-20(15-23)17-5-3-2-4-6-17/h2-10,20H,11-16H2,1H3,(H,22,24). The largest absolute Gasteiger partial charge is 0.497 e. The van der Waals surface area contributed by atoms with Crippen molar-refractivity contribution in [3.8, 4) is 11.5 Å². The van der Waals surface area contributed by atoms with Gasteiger partial charge in [-0.3, -0.25) is 9.69 Å². The van der Waals surface area contributed by atoms with Crippen molar-refractivity contribution >= 4 is 5.91 Å². The number of carbonyl (C=O) groups excluding carboxylic acids is 1. The van der Waals surface area contributed by atoms with Crippen molar-refractivity contribution in [2.75, 3.05) is 46.5 Å². The number of nitrogens with one attached hydrogen (secondary N) is 1. The van der Waals surface area contributed by atoms with Gasteiger partial charge in [-0.2, -0.15) is 0 Å². The van der Waals surface area contributed by atoms with Crippen molar-refractivity contribution in [1.82, 2.24) is 10.2 Å². The van der Waals surface area contributed by atoms with Crippen LogP contribution in [0.3, 0.4) is 0 Å². The second kappa shape index (κ2) is 9.94. The van der Waals surface area contributed by atoms with E-state index in [2.05, 4.69) is 22.3 Å². The summed E-state index contributed by atoms with van der Waals surface area (Å²) in [6.07, 6.45) is 0.0917. The molecule has 0 spiro atoms. The van der Waals surface area contributed by atoms with Crippen LogP contribution in [0.2, 0.25) is 0 Å². The van der Waals surface area contributed by atoms with E-state index in [1.807, 2.05) is 18.2 Å². The lowest BCUT2D eigenvalue weighted by atomic mass is 10.1. The number of amides is 1. The third-order valence-corrected chi connectivity index (χ3v) is 4.50. The van der Waals surface area contributed by atoms with Crippen molar-refractivity contribution in [2.45, 2.75) is 6.10 Å². The van der Waals surface area contributed by atoms with Gasteiger partial charge in [-0.1, -0.05) is 30.3 Å². The molecule has 1 saturated heterocycles. The fourth-order valence-electron chi connectivity index (χ4n) is 3.00. The monoisotopic (exact) mass is 370 g/mol. The molecule has 1 atom stereocenters. The summed E-state index contributed by atoms with van der Waals surface area (Å²) >= 11 is 0. The van der Waals surface area contributed by atoms with Gasteiger partial charge in [0.15, 0.2) is 6.61 Å². The fourth-order valence-corrected chi connectivity index (χ4v) is 3.00. The Kier molecular flexibility index (Phi) is 7.07. The predicted molar refractivity (Wildman–Crippen MR) is 103 cm³/mol. The number of ether oxygens (including phenoxy) is 3. The molecule has 2 aromatic carbocycles. The van der Waals surface area contributed by atoms with Crippen LogP contribution in [0.15, 0.2) is 54.6 Å². The first kappa shape index (κ1) is 19.2. The molecule has 1 fully saturated rings. The van der Waals surface area contributed by atoms with Gasteiger partial charge >= 0.3 is 0 Å². The fraction of sp³-hybridized carbons (Fsp3) is 0.381. The summed E-state index contributed by atoms with van der Waals surface area (Å²) in [7, 11) is 1.61. The van der Waals surface area contributed by atoms with Crippen LogP contribution in [0.1, 0.15) is 11.7 Å². The second-order valence-electron chi connectivity index (χ2n) is 6.38. The highest BCUT2D eigenvalue weighted by Gasteiger charge is 2.21. The smallest absolute Gasteiger partial charge is 0.257 e. The summed E-state index contributed by atoms with van der Waals surface area (Å²) < 4.78 is 16.4. The number of hydrogen-bond acceptors (Lipinski definition) is 5. The lowest BCUT2D eigenvalue weighted by molar-refractivity contribution is -0.123. The molecule has 0 radical (unpaired) electrons. The van der Waals surface area contributed by atoms with Gasteiger partial charge in [0.2, 0.25) is 0 Å².